The molecule has 9 nitrogen and oxygen atoms in total. The third-order valence-corrected chi connectivity index (χ3v) is 5.73. The standard InChI is InChI=1S/C22H28N8O/c1-2-18(31)15-7-9-30(10-8-15)13-14-3-5-16(6-4-14)25-11-17-12-26-21-19(27-17)20(23)28-22(24)29-21/h3-6,12,15,25H,2,7-11,13H2,1H3,(H4,23,24,26,28,29). The summed E-state index contributed by atoms with van der Waals surface area (Å²) >= 11 is 0. The van der Waals surface area contributed by atoms with Crippen molar-refractivity contribution in [3.05, 3.63) is 41.7 Å². The van der Waals surface area contributed by atoms with Crippen LogP contribution in [0, 0.1) is 5.92 Å². The van der Waals surface area contributed by atoms with Crippen LogP contribution in [0.15, 0.2) is 30.5 Å². The topological polar surface area (TPSA) is 136 Å². The Balaban J connectivity index is 1.31. The summed E-state index contributed by atoms with van der Waals surface area (Å²) in [5, 5.41) is 3.35. The predicted molar refractivity (Wildman–Crippen MR) is 121 cm³/mol. The molecule has 3 heterocycles. The number of anilines is 3. The number of carbonyl (C=O) groups excluding carboxylic acids is 1. The van der Waals surface area contributed by atoms with Gasteiger partial charge in [-0.05, 0) is 43.6 Å². The Morgan fingerprint density at radius 2 is 1.87 bits per heavy atom. The largest absolute Gasteiger partial charge is 0.382 e. The van der Waals surface area contributed by atoms with Crippen molar-refractivity contribution in [1.82, 2.24) is 24.8 Å². The lowest BCUT2D eigenvalue weighted by Gasteiger charge is -2.31. The summed E-state index contributed by atoms with van der Waals surface area (Å²) in [6.07, 6.45) is 4.25. The van der Waals surface area contributed by atoms with Gasteiger partial charge in [0.2, 0.25) is 5.95 Å². The molecule has 1 aromatic carbocycles. The fraction of sp³-hybridized carbons (Fsp3) is 0.409. The van der Waals surface area contributed by atoms with Crippen molar-refractivity contribution in [2.45, 2.75) is 39.3 Å². The number of likely N-dealkylation sites (tertiary alicyclic amines) is 1. The zero-order valence-electron chi connectivity index (χ0n) is 17.7. The molecule has 0 unspecified atom stereocenters. The molecule has 5 N–H and O–H groups in total. The molecule has 3 aromatic rings. The summed E-state index contributed by atoms with van der Waals surface area (Å²) < 4.78 is 0. The van der Waals surface area contributed by atoms with Crippen molar-refractivity contribution in [3.8, 4) is 0 Å². The first-order valence-corrected chi connectivity index (χ1v) is 10.6. The normalized spacial score (nSPS) is 15.3. The first kappa shape index (κ1) is 20.9. The second kappa shape index (κ2) is 9.22. The number of ketones is 1. The third kappa shape index (κ3) is 5.05. The molecule has 9 heteroatoms. The minimum absolute atomic E-state index is 0.0871. The predicted octanol–water partition coefficient (Wildman–Crippen LogP) is 2.39. The van der Waals surface area contributed by atoms with Gasteiger partial charge in [-0.1, -0.05) is 19.1 Å². The van der Waals surface area contributed by atoms with Gasteiger partial charge in [-0.2, -0.15) is 9.97 Å². The van der Waals surface area contributed by atoms with Crippen LogP contribution in [0.4, 0.5) is 17.5 Å². The van der Waals surface area contributed by atoms with Gasteiger partial charge in [0.25, 0.3) is 0 Å². The maximum Gasteiger partial charge on any atom is 0.224 e. The number of Topliss-reactive ketones (excluding diaryl/α,β-unsaturated/α-hetero) is 1. The molecule has 0 saturated carbocycles. The Morgan fingerprint density at radius 3 is 2.58 bits per heavy atom. The number of hydrogen-bond donors (Lipinski definition) is 3. The monoisotopic (exact) mass is 420 g/mol. The second-order valence-corrected chi connectivity index (χ2v) is 7.92. The Morgan fingerprint density at radius 1 is 1.13 bits per heavy atom. The highest BCUT2D eigenvalue weighted by Crippen LogP contribution is 2.21. The van der Waals surface area contributed by atoms with Gasteiger partial charge in [-0.15, -0.1) is 0 Å². The molecular formula is C22H28N8O. The van der Waals surface area contributed by atoms with E-state index in [9.17, 15) is 4.79 Å². The van der Waals surface area contributed by atoms with E-state index in [1.165, 1.54) is 5.56 Å². The third-order valence-electron chi connectivity index (χ3n) is 5.73. The highest BCUT2D eigenvalue weighted by molar-refractivity contribution is 5.82. The lowest BCUT2D eigenvalue weighted by Crippen LogP contribution is -2.35. The van der Waals surface area contributed by atoms with E-state index in [1.807, 2.05) is 6.92 Å². The zero-order chi connectivity index (χ0) is 21.8. The van der Waals surface area contributed by atoms with E-state index in [-0.39, 0.29) is 17.7 Å². The van der Waals surface area contributed by atoms with E-state index in [1.54, 1.807) is 6.20 Å². The van der Waals surface area contributed by atoms with Crippen LogP contribution in [0.2, 0.25) is 0 Å². The van der Waals surface area contributed by atoms with Crippen LogP contribution in [-0.2, 0) is 17.9 Å². The van der Waals surface area contributed by atoms with Gasteiger partial charge in [-0.25, -0.2) is 9.97 Å². The van der Waals surface area contributed by atoms with Gasteiger partial charge < -0.3 is 16.8 Å². The maximum atomic E-state index is 11.9. The molecule has 0 atom stereocenters. The van der Waals surface area contributed by atoms with Crippen LogP contribution in [-0.4, -0.2) is 43.7 Å². The highest BCUT2D eigenvalue weighted by atomic mass is 16.1. The Hall–Kier alpha value is -3.33. The molecule has 1 fully saturated rings. The van der Waals surface area contributed by atoms with Gasteiger partial charge in [0.1, 0.15) is 5.78 Å². The number of nitrogen functional groups attached to an aromatic ring is 2. The molecule has 0 aliphatic carbocycles. The van der Waals surface area contributed by atoms with Crippen LogP contribution >= 0.6 is 0 Å². The van der Waals surface area contributed by atoms with E-state index in [0.717, 1.165) is 43.9 Å². The van der Waals surface area contributed by atoms with E-state index in [2.05, 4.69) is 54.4 Å². The fourth-order valence-electron chi connectivity index (χ4n) is 3.95. The Labute approximate surface area is 181 Å². The first-order valence-electron chi connectivity index (χ1n) is 10.6. The maximum absolute atomic E-state index is 11.9. The highest BCUT2D eigenvalue weighted by Gasteiger charge is 2.23. The van der Waals surface area contributed by atoms with Gasteiger partial charge in [0, 0.05) is 24.6 Å². The quantitative estimate of drug-likeness (QED) is 0.526. The van der Waals surface area contributed by atoms with Crippen molar-refractivity contribution in [2.75, 3.05) is 29.9 Å². The van der Waals surface area contributed by atoms with Crippen molar-refractivity contribution in [1.29, 1.82) is 0 Å². The van der Waals surface area contributed by atoms with Gasteiger partial charge in [0.15, 0.2) is 17.0 Å². The average Bonchev–Trinajstić information content (AvgIpc) is 2.78. The molecule has 0 spiro atoms. The summed E-state index contributed by atoms with van der Waals surface area (Å²) in [4.78, 5) is 31.0. The molecule has 0 bridgehead atoms. The van der Waals surface area contributed by atoms with Crippen LogP contribution in [0.3, 0.4) is 0 Å². The van der Waals surface area contributed by atoms with Crippen LogP contribution in [0.25, 0.3) is 11.2 Å². The lowest BCUT2D eigenvalue weighted by atomic mass is 9.91. The van der Waals surface area contributed by atoms with Gasteiger partial charge in [0.05, 0.1) is 18.4 Å². The van der Waals surface area contributed by atoms with Crippen molar-refractivity contribution < 1.29 is 4.79 Å². The molecule has 4 rings (SSSR count). The van der Waals surface area contributed by atoms with Crippen molar-refractivity contribution >= 4 is 34.4 Å². The minimum atomic E-state index is 0.0871. The molecule has 162 valence electrons. The number of rotatable bonds is 7. The van der Waals surface area contributed by atoms with E-state index >= 15 is 0 Å². The van der Waals surface area contributed by atoms with Gasteiger partial charge >= 0.3 is 0 Å². The number of aromatic nitrogens is 4. The summed E-state index contributed by atoms with van der Waals surface area (Å²) in [6, 6.07) is 8.39. The van der Waals surface area contributed by atoms with Crippen LogP contribution in [0.1, 0.15) is 37.4 Å². The lowest BCUT2D eigenvalue weighted by molar-refractivity contribution is -0.124. The summed E-state index contributed by atoms with van der Waals surface area (Å²) in [5.41, 5.74) is 15.3. The SMILES string of the molecule is CCC(=O)C1CCN(Cc2ccc(NCc3cnc4nc(N)nc(N)c4n3)cc2)CC1. The molecule has 2 aromatic heterocycles. The molecule has 0 amide bonds. The number of nitrogens with zero attached hydrogens (tertiary/aromatic N) is 5. The van der Waals surface area contributed by atoms with Crippen LogP contribution < -0.4 is 16.8 Å². The number of piperidine rings is 1. The van der Waals surface area contributed by atoms with E-state index in [0.29, 0.717) is 29.9 Å². The number of hydrogen-bond acceptors (Lipinski definition) is 9. The number of nitrogens with one attached hydrogen (secondary N) is 1. The van der Waals surface area contributed by atoms with Crippen molar-refractivity contribution in [2.24, 2.45) is 5.92 Å². The summed E-state index contributed by atoms with van der Waals surface area (Å²) in [7, 11) is 0. The fourth-order valence-corrected chi connectivity index (χ4v) is 3.95. The average molecular weight is 421 g/mol. The summed E-state index contributed by atoms with van der Waals surface area (Å²) in [6.45, 7) is 5.33. The Bertz CT molecular complexity index is 1060. The van der Waals surface area contributed by atoms with Crippen LogP contribution in [0.5, 0.6) is 0 Å². The Kier molecular flexibility index (Phi) is 6.22. The minimum Gasteiger partial charge on any atom is -0.382 e. The van der Waals surface area contributed by atoms with E-state index < -0.39 is 0 Å². The molecule has 0 radical (unpaired) electrons. The van der Waals surface area contributed by atoms with Crippen molar-refractivity contribution in [3.63, 3.8) is 0 Å². The zero-order valence-corrected chi connectivity index (χ0v) is 17.7. The molecule has 31 heavy (non-hydrogen) atoms. The van der Waals surface area contributed by atoms with Gasteiger partial charge in [-0.3, -0.25) is 9.69 Å². The molecule has 1 aliphatic rings. The number of carbonyl (C=O) groups is 1. The second-order valence-electron chi connectivity index (χ2n) is 7.92. The molecule has 1 aliphatic heterocycles. The number of benzene rings is 1. The summed E-state index contributed by atoms with van der Waals surface area (Å²) in [5.74, 6) is 0.976. The van der Waals surface area contributed by atoms with E-state index in [4.69, 9.17) is 11.5 Å². The molecular weight excluding hydrogens is 392 g/mol. The first-order chi connectivity index (χ1) is 15.0. The smallest absolute Gasteiger partial charge is 0.224 e. The number of nitrogens with two attached hydrogens (primary N) is 2. The molecule has 1 saturated heterocycles. The number of fused-ring (bicyclic) bond motifs is 1.